The first kappa shape index (κ1) is 16.0. The van der Waals surface area contributed by atoms with Gasteiger partial charge in [0.05, 0.1) is 18.1 Å². The number of fused-ring (bicyclic) bond motifs is 2. The lowest BCUT2D eigenvalue weighted by molar-refractivity contribution is -0.146. The van der Waals surface area contributed by atoms with Gasteiger partial charge in [0.1, 0.15) is 5.92 Å². The Morgan fingerprint density at radius 2 is 1.67 bits per heavy atom. The fourth-order valence-corrected chi connectivity index (χ4v) is 3.15. The van der Waals surface area contributed by atoms with Crippen LogP contribution in [0.25, 0.3) is 0 Å². The van der Waals surface area contributed by atoms with Crippen molar-refractivity contribution >= 4 is 11.9 Å². The third kappa shape index (κ3) is 3.84. The molecule has 0 spiro atoms. The van der Waals surface area contributed by atoms with Gasteiger partial charge in [-0.15, -0.1) is 0 Å². The third-order valence-corrected chi connectivity index (χ3v) is 4.32. The summed E-state index contributed by atoms with van der Waals surface area (Å²) in [5, 5.41) is 12.1. The van der Waals surface area contributed by atoms with Crippen LogP contribution in [0.5, 0.6) is 0 Å². The highest BCUT2D eigenvalue weighted by Crippen LogP contribution is 2.39. The summed E-state index contributed by atoms with van der Waals surface area (Å²) in [6.45, 7) is 2.81. The van der Waals surface area contributed by atoms with Gasteiger partial charge < -0.3 is 15.2 Å². The molecule has 0 saturated carbocycles. The van der Waals surface area contributed by atoms with E-state index in [2.05, 4.69) is 12.2 Å². The Bertz CT molecular complexity index is 407. The first-order valence-electron chi connectivity index (χ1n) is 7.99. The van der Waals surface area contributed by atoms with E-state index in [0.29, 0.717) is 6.54 Å². The van der Waals surface area contributed by atoms with Gasteiger partial charge in [0.15, 0.2) is 0 Å². The maximum atomic E-state index is 12.2. The first-order valence-corrected chi connectivity index (χ1v) is 7.99. The first-order chi connectivity index (χ1) is 10.1. The molecule has 0 aromatic carbocycles. The maximum Gasteiger partial charge on any atom is 0.310 e. The third-order valence-electron chi connectivity index (χ3n) is 4.32. The highest BCUT2D eigenvalue weighted by molar-refractivity contribution is 5.87. The van der Waals surface area contributed by atoms with Gasteiger partial charge in [-0.25, -0.2) is 0 Å². The van der Waals surface area contributed by atoms with Crippen LogP contribution in [0.15, 0.2) is 12.2 Å². The van der Waals surface area contributed by atoms with E-state index in [9.17, 15) is 14.7 Å². The number of hydrogen-bond donors (Lipinski definition) is 2. The summed E-state index contributed by atoms with van der Waals surface area (Å²) >= 11 is 0. The summed E-state index contributed by atoms with van der Waals surface area (Å²) in [6, 6.07) is 0. The van der Waals surface area contributed by atoms with Crippen LogP contribution in [-0.2, 0) is 14.3 Å². The van der Waals surface area contributed by atoms with Crippen molar-refractivity contribution in [3.05, 3.63) is 12.2 Å². The number of carboxylic acids is 1. The van der Waals surface area contributed by atoms with E-state index >= 15 is 0 Å². The van der Waals surface area contributed by atoms with Gasteiger partial charge in [-0.05, 0) is 6.42 Å². The molecule has 2 aliphatic rings. The fourth-order valence-electron chi connectivity index (χ4n) is 3.15. The molecular weight excluding hydrogens is 270 g/mol. The number of hydrogen-bond acceptors (Lipinski definition) is 3. The molecule has 0 aromatic rings. The smallest absolute Gasteiger partial charge is 0.310 e. The van der Waals surface area contributed by atoms with Crippen LogP contribution in [0.4, 0.5) is 0 Å². The zero-order chi connectivity index (χ0) is 15.2. The summed E-state index contributed by atoms with van der Waals surface area (Å²) in [7, 11) is 0. The van der Waals surface area contributed by atoms with Crippen molar-refractivity contribution in [3.63, 3.8) is 0 Å². The van der Waals surface area contributed by atoms with Crippen LogP contribution in [0.1, 0.15) is 45.4 Å². The van der Waals surface area contributed by atoms with Crippen LogP contribution >= 0.6 is 0 Å². The Kier molecular flexibility index (Phi) is 5.79. The molecule has 2 bridgehead atoms. The minimum absolute atomic E-state index is 0.187. The lowest BCUT2D eigenvalue weighted by Crippen LogP contribution is -2.42. The molecule has 0 unspecified atom stereocenters. The van der Waals surface area contributed by atoms with Gasteiger partial charge in [0.2, 0.25) is 5.91 Å². The summed E-state index contributed by atoms with van der Waals surface area (Å²) in [4.78, 5) is 23.5. The van der Waals surface area contributed by atoms with Crippen LogP contribution in [0.3, 0.4) is 0 Å². The monoisotopic (exact) mass is 295 g/mol. The normalized spacial score (nSPS) is 29.8. The van der Waals surface area contributed by atoms with Crippen molar-refractivity contribution in [3.8, 4) is 0 Å². The Morgan fingerprint density at radius 3 is 2.33 bits per heavy atom. The zero-order valence-corrected chi connectivity index (χ0v) is 12.6. The maximum absolute atomic E-state index is 12.2. The lowest BCUT2D eigenvalue weighted by Gasteiger charge is -2.20. The van der Waals surface area contributed by atoms with Gasteiger partial charge in [-0.3, -0.25) is 9.59 Å². The molecule has 4 atom stereocenters. The SMILES string of the molecule is CCCCCCCCNC(=O)[C@H]1[C@@H](C(=O)O)[C@@H]2C=C[C@@H]1O2. The zero-order valence-electron chi connectivity index (χ0n) is 12.6. The van der Waals surface area contributed by atoms with Crippen molar-refractivity contribution in [2.45, 2.75) is 57.7 Å². The molecule has 0 radical (unpaired) electrons. The quantitative estimate of drug-likeness (QED) is 0.504. The highest BCUT2D eigenvalue weighted by atomic mass is 16.5. The molecule has 21 heavy (non-hydrogen) atoms. The molecular formula is C16H25NO4. The van der Waals surface area contributed by atoms with E-state index in [4.69, 9.17) is 4.74 Å². The number of aliphatic carboxylic acids is 1. The van der Waals surface area contributed by atoms with Crippen molar-refractivity contribution in [1.82, 2.24) is 5.32 Å². The number of unbranched alkanes of at least 4 members (excludes halogenated alkanes) is 5. The minimum Gasteiger partial charge on any atom is -0.481 e. The number of carboxylic acid groups (broad SMARTS) is 1. The second-order valence-corrected chi connectivity index (χ2v) is 5.90. The molecule has 2 heterocycles. The average Bonchev–Trinajstić information content (AvgIpc) is 3.06. The standard InChI is InChI=1S/C16H25NO4/c1-2-3-4-5-6-7-10-17-15(18)13-11-8-9-12(21-11)14(13)16(19)20/h8-9,11-14H,2-7,10H2,1H3,(H,17,18)(H,19,20)/t11-,12-,13+,14-/m0/s1. The Labute approximate surface area is 125 Å². The van der Waals surface area contributed by atoms with Crippen molar-refractivity contribution in [1.29, 1.82) is 0 Å². The molecule has 5 heteroatoms. The second-order valence-electron chi connectivity index (χ2n) is 5.90. The number of carbonyl (C=O) groups excluding carboxylic acids is 1. The molecule has 5 nitrogen and oxygen atoms in total. The van der Waals surface area contributed by atoms with Crippen LogP contribution in [0.2, 0.25) is 0 Å². The van der Waals surface area contributed by atoms with Crippen LogP contribution < -0.4 is 5.32 Å². The Balaban J connectivity index is 1.71. The number of ether oxygens (including phenoxy) is 1. The van der Waals surface area contributed by atoms with Gasteiger partial charge >= 0.3 is 5.97 Å². The number of amides is 1. The van der Waals surface area contributed by atoms with Gasteiger partial charge in [-0.2, -0.15) is 0 Å². The molecule has 2 N–H and O–H groups in total. The molecule has 0 aliphatic carbocycles. The van der Waals surface area contributed by atoms with Crippen molar-refractivity contribution in [2.75, 3.05) is 6.54 Å². The second kappa shape index (κ2) is 7.59. The molecule has 2 rings (SSSR count). The van der Waals surface area contributed by atoms with E-state index in [1.54, 1.807) is 12.2 Å². The number of nitrogens with one attached hydrogen (secondary N) is 1. The minimum atomic E-state index is -0.952. The molecule has 1 saturated heterocycles. The van der Waals surface area contributed by atoms with E-state index in [1.165, 1.54) is 25.7 Å². The molecule has 0 aromatic heterocycles. The predicted molar refractivity (Wildman–Crippen MR) is 78.8 cm³/mol. The molecule has 2 aliphatic heterocycles. The Morgan fingerprint density at radius 1 is 1.05 bits per heavy atom. The topological polar surface area (TPSA) is 75.6 Å². The van der Waals surface area contributed by atoms with E-state index < -0.39 is 23.9 Å². The largest absolute Gasteiger partial charge is 0.481 e. The van der Waals surface area contributed by atoms with Gasteiger partial charge in [-0.1, -0.05) is 51.2 Å². The number of rotatable bonds is 9. The van der Waals surface area contributed by atoms with E-state index in [0.717, 1.165) is 12.8 Å². The van der Waals surface area contributed by atoms with Crippen molar-refractivity contribution < 1.29 is 19.4 Å². The summed E-state index contributed by atoms with van der Waals surface area (Å²) in [6.07, 6.45) is 9.73. The summed E-state index contributed by atoms with van der Waals surface area (Å²) in [5.41, 5.74) is 0. The number of carbonyl (C=O) groups is 2. The summed E-state index contributed by atoms with van der Waals surface area (Å²) < 4.78 is 5.50. The van der Waals surface area contributed by atoms with Gasteiger partial charge in [0, 0.05) is 6.54 Å². The molecule has 1 amide bonds. The molecule has 118 valence electrons. The average molecular weight is 295 g/mol. The summed E-state index contributed by atoms with van der Waals surface area (Å²) in [5.74, 6) is -2.47. The van der Waals surface area contributed by atoms with Crippen LogP contribution in [-0.4, -0.2) is 35.7 Å². The molecule has 1 fully saturated rings. The fraction of sp³-hybridized carbons (Fsp3) is 0.750. The lowest BCUT2D eigenvalue weighted by atomic mass is 9.82. The van der Waals surface area contributed by atoms with Gasteiger partial charge in [0.25, 0.3) is 0 Å². The van der Waals surface area contributed by atoms with E-state index in [-0.39, 0.29) is 12.0 Å². The predicted octanol–water partition coefficient (Wildman–Crippen LogP) is 2.12. The van der Waals surface area contributed by atoms with Crippen molar-refractivity contribution in [2.24, 2.45) is 11.8 Å². The Hall–Kier alpha value is -1.36. The van der Waals surface area contributed by atoms with Crippen LogP contribution in [0, 0.1) is 11.8 Å². The van der Waals surface area contributed by atoms with E-state index in [1.807, 2.05) is 0 Å². The highest BCUT2D eigenvalue weighted by Gasteiger charge is 2.52.